The Morgan fingerprint density at radius 2 is 2.05 bits per heavy atom. The topological polar surface area (TPSA) is 98.3 Å². The number of hydrogen-bond acceptors (Lipinski definition) is 4. The van der Waals surface area contributed by atoms with E-state index in [0.717, 1.165) is 0 Å². The van der Waals surface area contributed by atoms with E-state index in [9.17, 15) is 14.9 Å². The molecule has 0 spiro atoms. The maximum atomic E-state index is 11.9. The third-order valence-electron chi connectivity index (χ3n) is 3.00. The molecule has 0 aliphatic heterocycles. The molecule has 1 aromatic rings. The summed E-state index contributed by atoms with van der Waals surface area (Å²) in [6, 6.07) is 5.34. The molecular weight excluding hydrogens is 258 g/mol. The lowest BCUT2D eigenvalue weighted by molar-refractivity contribution is -0.384. The van der Waals surface area contributed by atoms with E-state index >= 15 is 0 Å². The summed E-state index contributed by atoms with van der Waals surface area (Å²) in [5, 5.41) is 13.5. The molecule has 110 valence electrons. The minimum absolute atomic E-state index is 0.00933. The minimum atomic E-state index is -0.559. The van der Waals surface area contributed by atoms with E-state index in [2.05, 4.69) is 5.32 Å². The maximum absolute atomic E-state index is 11.9. The number of nitro groups is 1. The van der Waals surface area contributed by atoms with E-state index in [1.807, 2.05) is 13.8 Å². The van der Waals surface area contributed by atoms with Crippen LogP contribution >= 0.6 is 0 Å². The number of nitrogens with two attached hydrogens (primary N) is 1. The summed E-state index contributed by atoms with van der Waals surface area (Å²) >= 11 is 0. The molecule has 0 aliphatic rings. The smallest absolute Gasteiger partial charge is 0.269 e. The Labute approximate surface area is 118 Å². The second-order valence-electron chi connectivity index (χ2n) is 5.32. The van der Waals surface area contributed by atoms with Gasteiger partial charge in [-0.2, -0.15) is 0 Å². The highest BCUT2D eigenvalue weighted by Crippen LogP contribution is 2.19. The van der Waals surface area contributed by atoms with Gasteiger partial charge in [-0.15, -0.1) is 0 Å². The molecule has 3 N–H and O–H groups in total. The van der Waals surface area contributed by atoms with E-state index in [-0.39, 0.29) is 17.6 Å². The molecule has 20 heavy (non-hydrogen) atoms. The summed E-state index contributed by atoms with van der Waals surface area (Å²) in [4.78, 5) is 22.2. The molecule has 0 saturated heterocycles. The average Bonchev–Trinajstić information content (AvgIpc) is 2.37. The average molecular weight is 279 g/mol. The van der Waals surface area contributed by atoms with Crippen molar-refractivity contribution in [3.05, 3.63) is 39.9 Å². The SMILES string of the molecule is CC(C)C[C@H](N)C(=O)NC(C)c1cccc([N+](=O)[O-])c1. The van der Waals surface area contributed by atoms with Crippen LogP contribution in [0.2, 0.25) is 0 Å². The van der Waals surface area contributed by atoms with Crippen LogP contribution in [-0.4, -0.2) is 16.9 Å². The van der Waals surface area contributed by atoms with Crippen LogP contribution in [0, 0.1) is 16.0 Å². The molecule has 0 heterocycles. The summed E-state index contributed by atoms with van der Waals surface area (Å²) in [5.74, 6) is 0.0987. The van der Waals surface area contributed by atoms with Gasteiger partial charge in [0.05, 0.1) is 17.0 Å². The van der Waals surface area contributed by atoms with E-state index in [4.69, 9.17) is 5.73 Å². The molecule has 0 bridgehead atoms. The number of nitrogens with zero attached hydrogens (tertiary/aromatic N) is 1. The van der Waals surface area contributed by atoms with E-state index in [1.165, 1.54) is 12.1 Å². The first kappa shape index (κ1) is 16.1. The highest BCUT2D eigenvalue weighted by molar-refractivity contribution is 5.81. The summed E-state index contributed by atoms with van der Waals surface area (Å²) < 4.78 is 0. The zero-order valence-corrected chi connectivity index (χ0v) is 12.0. The first-order chi connectivity index (χ1) is 9.31. The van der Waals surface area contributed by atoms with Gasteiger partial charge in [-0.25, -0.2) is 0 Å². The maximum Gasteiger partial charge on any atom is 0.269 e. The molecule has 0 aromatic heterocycles. The molecule has 1 rings (SSSR count). The Hall–Kier alpha value is -1.95. The van der Waals surface area contributed by atoms with Crippen molar-refractivity contribution in [1.29, 1.82) is 0 Å². The number of carbonyl (C=O) groups excluding carboxylic acids is 1. The second kappa shape index (κ2) is 7.00. The normalized spacial score (nSPS) is 13.8. The Bertz CT molecular complexity index is 488. The lowest BCUT2D eigenvalue weighted by atomic mass is 10.0. The zero-order valence-electron chi connectivity index (χ0n) is 12.0. The molecule has 6 heteroatoms. The van der Waals surface area contributed by atoms with Crippen molar-refractivity contribution < 1.29 is 9.72 Å². The quantitative estimate of drug-likeness (QED) is 0.615. The standard InChI is InChI=1S/C14H21N3O3/c1-9(2)7-13(15)14(18)16-10(3)11-5-4-6-12(8-11)17(19)20/h4-6,8-10,13H,7,15H2,1-3H3,(H,16,18)/t10?,13-/m0/s1. The first-order valence-electron chi connectivity index (χ1n) is 6.61. The lowest BCUT2D eigenvalue weighted by Gasteiger charge is -2.18. The van der Waals surface area contributed by atoms with E-state index in [1.54, 1.807) is 19.1 Å². The number of nitrogens with one attached hydrogen (secondary N) is 1. The minimum Gasteiger partial charge on any atom is -0.348 e. The molecule has 0 fully saturated rings. The van der Waals surface area contributed by atoms with Crippen molar-refractivity contribution in [1.82, 2.24) is 5.32 Å². The highest BCUT2D eigenvalue weighted by Gasteiger charge is 2.18. The van der Waals surface area contributed by atoms with Crippen molar-refractivity contribution in [3.8, 4) is 0 Å². The van der Waals surface area contributed by atoms with Crippen LogP contribution in [0.4, 0.5) is 5.69 Å². The summed E-state index contributed by atoms with van der Waals surface area (Å²) in [6.07, 6.45) is 0.605. The second-order valence-corrected chi connectivity index (χ2v) is 5.32. The fraction of sp³-hybridized carbons (Fsp3) is 0.500. The largest absolute Gasteiger partial charge is 0.348 e. The van der Waals surface area contributed by atoms with Gasteiger partial charge in [-0.05, 0) is 24.8 Å². The number of non-ortho nitro benzene ring substituents is 1. The highest BCUT2D eigenvalue weighted by atomic mass is 16.6. The van der Waals surface area contributed by atoms with Crippen LogP contribution < -0.4 is 11.1 Å². The van der Waals surface area contributed by atoms with Gasteiger partial charge in [-0.1, -0.05) is 26.0 Å². The lowest BCUT2D eigenvalue weighted by Crippen LogP contribution is -2.42. The number of benzene rings is 1. The number of carbonyl (C=O) groups is 1. The van der Waals surface area contributed by atoms with E-state index < -0.39 is 11.0 Å². The summed E-state index contributed by atoms with van der Waals surface area (Å²) in [7, 11) is 0. The van der Waals surface area contributed by atoms with Gasteiger partial charge in [0.25, 0.3) is 5.69 Å². The van der Waals surface area contributed by atoms with Gasteiger partial charge in [-0.3, -0.25) is 14.9 Å². The molecule has 0 aliphatic carbocycles. The van der Waals surface area contributed by atoms with Crippen molar-refractivity contribution in [2.75, 3.05) is 0 Å². The number of nitro benzene ring substituents is 1. The van der Waals surface area contributed by atoms with Crippen LogP contribution in [-0.2, 0) is 4.79 Å². The monoisotopic (exact) mass is 279 g/mol. The van der Waals surface area contributed by atoms with Crippen LogP contribution in [0.15, 0.2) is 24.3 Å². The molecule has 2 atom stereocenters. The Morgan fingerprint density at radius 3 is 2.60 bits per heavy atom. The molecule has 1 amide bonds. The molecule has 6 nitrogen and oxygen atoms in total. The van der Waals surface area contributed by atoms with Crippen LogP contribution in [0.5, 0.6) is 0 Å². The Morgan fingerprint density at radius 1 is 1.40 bits per heavy atom. The van der Waals surface area contributed by atoms with Gasteiger partial charge in [0, 0.05) is 12.1 Å². The molecule has 1 unspecified atom stereocenters. The third kappa shape index (κ3) is 4.62. The number of rotatable bonds is 6. The zero-order chi connectivity index (χ0) is 15.3. The van der Waals surface area contributed by atoms with E-state index in [0.29, 0.717) is 17.9 Å². The summed E-state index contributed by atoms with van der Waals surface area (Å²) in [5.41, 5.74) is 6.50. The fourth-order valence-electron chi connectivity index (χ4n) is 1.93. The Kier molecular flexibility index (Phi) is 5.64. The van der Waals surface area contributed by atoms with Gasteiger partial charge < -0.3 is 11.1 Å². The predicted molar refractivity (Wildman–Crippen MR) is 77.1 cm³/mol. The fourth-order valence-corrected chi connectivity index (χ4v) is 1.93. The van der Waals surface area contributed by atoms with Crippen LogP contribution in [0.1, 0.15) is 38.8 Å². The molecule has 1 aromatic carbocycles. The third-order valence-corrected chi connectivity index (χ3v) is 3.00. The van der Waals surface area contributed by atoms with Crippen molar-refractivity contribution in [2.24, 2.45) is 11.7 Å². The number of hydrogen-bond donors (Lipinski definition) is 2. The van der Waals surface area contributed by atoms with Gasteiger partial charge >= 0.3 is 0 Å². The number of amides is 1. The van der Waals surface area contributed by atoms with Gasteiger partial charge in [0.1, 0.15) is 0 Å². The first-order valence-corrected chi connectivity index (χ1v) is 6.61. The van der Waals surface area contributed by atoms with Crippen LogP contribution in [0.25, 0.3) is 0 Å². The molecule has 0 saturated carbocycles. The summed E-state index contributed by atoms with van der Waals surface area (Å²) in [6.45, 7) is 5.77. The predicted octanol–water partition coefficient (Wildman–Crippen LogP) is 2.15. The van der Waals surface area contributed by atoms with Crippen molar-refractivity contribution in [2.45, 2.75) is 39.3 Å². The van der Waals surface area contributed by atoms with Crippen LogP contribution in [0.3, 0.4) is 0 Å². The van der Waals surface area contributed by atoms with Gasteiger partial charge in [0.2, 0.25) is 5.91 Å². The Balaban J connectivity index is 2.71. The van der Waals surface area contributed by atoms with Crippen molar-refractivity contribution >= 4 is 11.6 Å². The van der Waals surface area contributed by atoms with Gasteiger partial charge in [0.15, 0.2) is 0 Å². The van der Waals surface area contributed by atoms with Crippen molar-refractivity contribution in [3.63, 3.8) is 0 Å². The molecule has 0 radical (unpaired) electrons. The molecular formula is C14H21N3O3.